The van der Waals surface area contributed by atoms with Gasteiger partial charge in [0, 0.05) is 19.7 Å². The minimum absolute atomic E-state index is 0.198. The number of nitrogens with one attached hydrogen (secondary N) is 2. The fourth-order valence-electron chi connectivity index (χ4n) is 1.23. The molecule has 1 fully saturated rings. The molecular formula is C11H22N2O3. The van der Waals surface area contributed by atoms with E-state index in [4.69, 9.17) is 9.84 Å². The highest BCUT2D eigenvalue weighted by atomic mass is 16.5. The monoisotopic (exact) mass is 230 g/mol. The molecule has 16 heavy (non-hydrogen) atoms. The number of hydrogen-bond donors (Lipinski definition) is 3. The van der Waals surface area contributed by atoms with Gasteiger partial charge < -0.3 is 20.5 Å². The first kappa shape index (κ1) is 13.3. The topological polar surface area (TPSA) is 70.6 Å². The van der Waals surface area contributed by atoms with Crippen molar-refractivity contribution in [2.45, 2.75) is 32.3 Å². The molecule has 1 unspecified atom stereocenters. The highest BCUT2D eigenvalue weighted by Crippen LogP contribution is 2.28. The Morgan fingerprint density at radius 1 is 1.44 bits per heavy atom. The van der Waals surface area contributed by atoms with Gasteiger partial charge in [-0.2, -0.15) is 0 Å². The van der Waals surface area contributed by atoms with Crippen LogP contribution in [0.3, 0.4) is 0 Å². The molecule has 0 aliphatic heterocycles. The number of carbonyl (C=O) groups is 1. The van der Waals surface area contributed by atoms with Gasteiger partial charge in [-0.15, -0.1) is 0 Å². The number of aliphatic hydroxyl groups excluding tert-OH is 1. The molecule has 0 saturated heterocycles. The molecule has 2 amide bonds. The van der Waals surface area contributed by atoms with Crippen molar-refractivity contribution in [1.29, 1.82) is 0 Å². The summed E-state index contributed by atoms with van der Waals surface area (Å²) in [7, 11) is 0. The molecule has 94 valence electrons. The minimum Gasteiger partial charge on any atom is -0.393 e. The van der Waals surface area contributed by atoms with Crippen molar-refractivity contribution >= 4 is 6.03 Å². The van der Waals surface area contributed by atoms with E-state index in [-0.39, 0.29) is 12.1 Å². The van der Waals surface area contributed by atoms with Gasteiger partial charge in [0.1, 0.15) is 0 Å². The van der Waals surface area contributed by atoms with E-state index in [1.165, 1.54) is 12.8 Å². The second-order valence-corrected chi connectivity index (χ2v) is 4.34. The zero-order valence-corrected chi connectivity index (χ0v) is 9.87. The quantitative estimate of drug-likeness (QED) is 0.531. The lowest BCUT2D eigenvalue weighted by atomic mass is 10.3. The second-order valence-electron chi connectivity index (χ2n) is 4.34. The third-order valence-electron chi connectivity index (χ3n) is 2.43. The fourth-order valence-corrected chi connectivity index (χ4v) is 1.23. The Morgan fingerprint density at radius 2 is 2.12 bits per heavy atom. The summed E-state index contributed by atoms with van der Waals surface area (Å²) in [4.78, 5) is 11.2. The van der Waals surface area contributed by atoms with Crippen molar-refractivity contribution in [3.63, 3.8) is 0 Å². The summed E-state index contributed by atoms with van der Waals surface area (Å²) in [6.45, 7) is 4.12. The summed E-state index contributed by atoms with van der Waals surface area (Å²) in [5.74, 6) is 0.764. The van der Waals surface area contributed by atoms with E-state index in [0.717, 1.165) is 12.5 Å². The molecule has 0 heterocycles. The van der Waals surface area contributed by atoms with Crippen LogP contribution in [0.25, 0.3) is 0 Å². The van der Waals surface area contributed by atoms with Gasteiger partial charge in [0.25, 0.3) is 0 Å². The van der Waals surface area contributed by atoms with Crippen LogP contribution in [0.5, 0.6) is 0 Å². The van der Waals surface area contributed by atoms with Gasteiger partial charge in [0.05, 0.1) is 12.7 Å². The number of rotatable bonds is 8. The van der Waals surface area contributed by atoms with E-state index in [9.17, 15) is 4.79 Å². The summed E-state index contributed by atoms with van der Waals surface area (Å²) in [5, 5.41) is 14.3. The standard InChI is InChI=1S/C11H22N2O3/c1-9(14)4-5-12-11(15)13-6-7-16-8-10-2-3-10/h9-10,14H,2-8H2,1H3,(H2,12,13,15). The first-order valence-corrected chi connectivity index (χ1v) is 5.96. The van der Waals surface area contributed by atoms with Gasteiger partial charge in [-0.05, 0) is 32.1 Å². The third-order valence-corrected chi connectivity index (χ3v) is 2.43. The Bertz CT molecular complexity index is 205. The first-order chi connectivity index (χ1) is 7.68. The van der Waals surface area contributed by atoms with Gasteiger partial charge >= 0.3 is 6.03 Å². The van der Waals surface area contributed by atoms with Gasteiger partial charge in [-0.25, -0.2) is 4.79 Å². The van der Waals surface area contributed by atoms with Crippen molar-refractivity contribution in [2.75, 3.05) is 26.3 Å². The van der Waals surface area contributed by atoms with E-state index in [1.807, 2.05) is 0 Å². The molecule has 5 nitrogen and oxygen atoms in total. The largest absolute Gasteiger partial charge is 0.393 e. The number of aliphatic hydroxyl groups is 1. The van der Waals surface area contributed by atoms with Gasteiger partial charge in [-0.3, -0.25) is 0 Å². The Hall–Kier alpha value is -0.810. The first-order valence-electron chi connectivity index (χ1n) is 5.96. The summed E-state index contributed by atoms with van der Waals surface area (Å²) in [6.07, 6.45) is 2.77. The molecule has 0 aromatic rings. The maximum atomic E-state index is 11.2. The van der Waals surface area contributed by atoms with Crippen LogP contribution < -0.4 is 10.6 Å². The van der Waals surface area contributed by atoms with E-state index in [0.29, 0.717) is 26.1 Å². The van der Waals surface area contributed by atoms with Crippen LogP contribution in [0, 0.1) is 5.92 Å². The van der Waals surface area contributed by atoms with Crippen LogP contribution in [-0.4, -0.2) is 43.5 Å². The van der Waals surface area contributed by atoms with Crippen LogP contribution in [0.2, 0.25) is 0 Å². The zero-order valence-electron chi connectivity index (χ0n) is 9.87. The molecule has 3 N–H and O–H groups in total. The molecule has 1 aliphatic rings. The van der Waals surface area contributed by atoms with Crippen molar-refractivity contribution < 1.29 is 14.6 Å². The molecule has 1 rings (SSSR count). The molecule has 1 atom stereocenters. The highest BCUT2D eigenvalue weighted by Gasteiger charge is 2.20. The summed E-state index contributed by atoms with van der Waals surface area (Å²) >= 11 is 0. The molecule has 0 spiro atoms. The normalized spacial score (nSPS) is 16.9. The molecule has 0 radical (unpaired) electrons. The fraction of sp³-hybridized carbons (Fsp3) is 0.909. The number of urea groups is 1. The Labute approximate surface area is 96.6 Å². The number of amides is 2. The number of hydrogen-bond acceptors (Lipinski definition) is 3. The maximum Gasteiger partial charge on any atom is 0.314 e. The summed E-state index contributed by atoms with van der Waals surface area (Å²) in [6, 6.07) is -0.198. The van der Waals surface area contributed by atoms with Crippen LogP contribution >= 0.6 is 0 Å². The Morgan fingerprint density at radius 3 is 2.75 bits per heavy atom. The second kappa shape index (κ2) is 7.46. The van der Waals surface area contributed by atoms with Crippen LogP contribution in [0.15, 0.2) is 0 Å². The lowest BCUT2D eigenvalue weighted by Crippen LogP contribution is -2.38. The van der Waals surface area contributed by atoms with Crippen LogP contribution in [0.1, 0.15) is 26.2 Å². The molecule has 0 aromatic carbocycles. The van der Waals surface area contributed by atoms with Crippen molar-refractivity contribution in [3.05, 3.63) is 0 Å². The zero-order chi connectivity index (χ0) is 11.8. The van der Waals surface area contributed by atoms with E-state index in [2.05, 4.69) is 10.6 Å². The lowest BCUT2D eigenvalue weighted by molar-refractivity contribution is 0.127. The van der Waals surface area contributed by atoms with Crippen LogP contribution in [0.4, 0.5) is 4.79 Å². The third kappa shape index (κ3) is 7.48. The summed E-state index contributed by atoms with van der Waals surface area (Å²) < 4.78 is 5.37. The van der Waals surface area contributed by atoms with Crippen molar-refractivity contribution in [2.24, 2.45) is 5.92 Å². The Balaban J connectivity index is 1.81. The minimum atomic E-state index is -0.373. The Kier molecular flexibility index (Phi) is 6.18. The van der Waals surface area contributed by atoms with Gasteiger partial charge in [-0.1, -0.05) is 0 Å². The smallest absolute Gasteiger partial charge is 0.314 e. The van der Waals surface area contributed by atoms with Crippen LogP contribution in [-0.2, 0) is 4.74 Å². The highest BCUT2D eigenvalue weighted by molar-refractivity contribution is 5.73. The SMILES string of the molecule is CC(O)CCNC(=O)NCCOCC1CC1. The lowest BCUT2D eigenvalue weighted by Gasteiger charge is -2.08. The molecular weight excluding hydrogens is 208 g/mol. The number of carbonyl (C=O) groups excluding carboxylic acids is 1. The maximum absolute atomic E-state index is 11.2. The van der Waals surface area contributed by atoms with Crippen molar-refractivity contribution in [1.82, 2.24) is 10.6 Å². The van der Waals surface area contributed by atoms with E-state index < -0.39 is 0 Å². The predicted molar refractivity (Wildman–Crippen MR) is 61.2 cm³/mol. The summed E-state index contributed by atoms with van der Waals surface area (Å²) in [5.41, 5.74) is 0. The molecule has 1 aliphatic carbocycles. The predicted octanol–water partition coefficient (Wildman–Crippen LogP) is 0.483. The van der Waals surface area contributed by atoms with Crippen molar-refractivity contribution in [3.8, 4) is 0 Å². The van der Waals surface area contributed by atoms with E-state index in [1.54, 1.807) is 6.92 Å². The molecule has 0 aromatic heterocycles. The van der Waals surface area contributed by atoms with Gasteiger partial charge in [0.2, 0.25) is 0 Å². The molecule has 0 bridgehead atoms. The van der Waals surface area contributed by atoms with E-state index >= 15 is 0 Å². The molecule has 1 saturated carbocycles. The average molecular weight is 230 g/mol. The number of ether oxygens (including phenoxy) is 1. The van der Waals surface area contributed by atoms with Gasteiger partial charge in [0.15, 0.2) is 0 Å². The average Bonchev–Trinajstić information content (AvgIpc) is 3.00. The molecule has 5 heteroatoms.